The van der Waals surface area contributed by atoms with Crippen molar-refractivity contribution in [3.63, 3.8) is 0 Å². The van der Waals surface area contributed by atoms with E-state index in [4.69, 9.17) is 34.8 Å². The van der Waals surface area contributed by atoms with Gasteiger partial charge < -0.3 is 10.2 Å². The second kappa shape index (κ2) is 15.8. The molecule has 11 heteroatoms. The Balaban J connectivity index is 1.84. The van der Waals surface area contributed by atoms with E-state index in [9.17, 15) is 18.0 Å². The molecule has 4 aromatic rings. The maximum absolute atomic E-state index is 14.6. The van der Waals surface area contributed by atoms with Gasteiger partial charge in [0, 0.05) is 24.5 Å². The summed E-state index contributed by atoms with van der Waals surface area (Å²) in [6.45, 7) is 5.28. The first kappa shape index (κ1) is 35.3. The number of nitrogens with zero attached hydrogens (tertiary/aromatic N) is 2. The molecule has 0 fully saturated rings. The van der Waals surface area contributed by atoms with E-state index in [-0.39, 0.29) is 29.5 Å². The molecule has 4 rings (SSSR count). The van der Waals surface area contributed by atoms with Crippen molar-refractivity contribution in [3.05, 3.63) is 128 Å². The number of carbonyl (C=O) groups excluding carboxylic acids is 2. The molecule has 7 nitrogen and oxygen atoms in total. The number of rotatable bonds is 13. The van der Waals surface area contributed by atoms with Crippen molar-refractivity contribution in [3.8, 4) is 0 Å². The summed E-state index contributed by atoms with van der Waals surface area (Å²) >= 11 is 19.0. The maximum Gasteiger partial charge on any atom is 0.264 e. The highest BCUT2D eigenvalue weighted by molar-refractivity contribution is 7.92. The van der Waals surface area contributed by atoms with Gasteiger partial charge in [-0.3, -0.25) is 13.9 Å². The van der Waals surface area contributed by atoms with Crippen LogP contribution in [0.2, 0.25) is 15.1 Å². The first-order chi connectivity index (χ1) is 21.9. The zero-order chi connectivity index (χ0) is 33.4. The van der Waals surface area contributed by atoms with E-state index in [1.807, 2.05) is 44.2 Å². The summed E-state index contributed by atoms with van der Waals surface area (Å²) < 4.78 is 29.5. The van der Waals surface area contributed by atoms with Crippen molar-refractivity contribution in [1.82, 2.24) is 10.2 Å². The Labute approximate surface area is 286 Å². The topological polar surface area (TPSA) is 86.8 Å². The SMILES string of the molecule is CCCNC(=O)[C@H](Cc1ccccc1)N(Cc1ccc(Cl)c(Cl)c1)C(=O)CN(c1cccc(Cl)c1C)S(=O)(=O)c1ccc(C)cc1. The van der Waals surface area contributed by atoms with Crippen LogP contribution in [0.5, 0.6) is 0 Å². The molecule has 2 amide bonds. The number of aryl methyl sites for hydroxylation is 1. The number of hydrogen-bond acceptors (Lipinski definition) is 4. The predicted octanol–water partition coefficient (Wildman–Crippen LogP) is 7.63. The number of halogens is 3. The third-order valence-corrected chi connectivity index (χ3v) is 10.5. The Morgan fingerprint density at radius 3 is 2.15 bits per heavy atom. The smallest absolute Gasteiger partial charge is 0.264 e. The van der Waals surface area contributed by atoms with Crippen LogP contribution in [0.1, 0.15) is 35.6 Å². The van der Waals surface area contributed by atoms with Gasteiger partial charge in [-0.15, -0.1) is 0 Å². The highest BCUT2D eigenvalue weighted by Gasteiger charge is 2.35. The van der Waals surface area contributed by atoms with E-state index in [0.29, 0.717) is 39.2 Å². The third kappa shape index (κ3) is 8.62. The van der Waals surface area contributed by atoms with Gasteiger partial charge in [0.05, 0.1) is 20.6 Å². The average Bonchev–Trinajstić information content (AvgIpc) is 3.04. The fourth-order valence-electron chi connectivity index (χ4n) is 4.97. The number of sulfonamides is 1. The maximum atomic E-state index is 14.6. The normalized spacial score (nSPS) is 12.0. The lowest BCUT2D eigenvalue weighted by Gasteiger charge is -2.34. The molecule has 0 heterocycles. The number of amides is 2. The largest absolute Gasteiger partial charge is 0.354 e. The molecule has 0 aliphatic rings. The molecule has 242 valence electrons. The molecule has 0 aliphatic carbocycles. The van der Waals surface area contributed by atoms with Crippen molar-refractivity contribution in [1.29, 1.82) is 0 Å². The minimum absolute atomic E-state index is 0.0165. The summed E-state index contributed by atoms with van der Waals surface area (Å²) in [6.07, 6.45) is 0.894. The Hall–Kier alpha value is -3.56. The Morgan fingerprint density at radius 2 is 1.50 bits per heavy atom. The van der Waals surface area contributed by atoms with Crippen molar-refractivity contribution >= 4 is 62.3 Å². The van der Waals surface area contributed by atoms with Gasteiger partial charge in [-0.05, 0) is 73.4 Å². The molecule has 0 radical (unpaired) electrons. The van der Waals surface area contributed by atoms with Crippen molar-refractivity contribution in [2.75, 3.05) is 17.4 Å². The van der Waals surface area contributed by atoms with Gasteiger partial charge in [0.2, 0.25) is 11.8 Å². The molecule has 0 aliphatic heterocycles. The van der Waals surface area contributed by atoms with Crippen LogP contribution in [0.25, 0.3) is 0 Å². The fraction of sp³-hybridized carbons (Fsp3) is 0.257. The molecule has 1 N–H and O–H groups in total. The van der Waals surface area contributed by atoms with Crippen molar-refractivity contribution in [2.24, 2.45) is 0 Å². The van der Waals surface area contributed by atoms with E-state index in [1.54, 1.807) is 55.5 Å². The molecule has 46 heavy (non-hydrogen) atoms. The minimum Gasteiger partial charge on any atom is -0.354 e. The highest BCUT2D eigenvalue weighted by Crippen LogP contribution is 2.32. The molecule has 0 saturated carbocycles. The molecule has 0 unspecified atom stereocenters. The first-order valence-electron chi connectivity index (χ1n) is 14.8. The predicted molar refractivity (Wildman–Crippen MR) is 186 cm³/mol. The van der Waals surface area contributed by atoms with E-state index >= 15 is 0 Å². The number of anilines is 1. The van der Waals surface area contributed by atoms with Gasteiger partial charge in [-0.2, -0.15) is 0 Å². The van der Waals surface area contributed by atoms with Gasteiger partial charge in [-0.25, -0.2) is 8.42 Å². The van der Waals surface area contributed by atoms with Crippen LogP contribution in [0, 0.1) is 13.8 Å². The van der Waals surface area contributed by atoms with Crippen LogP contribution in [-0.2, 0) is 32.6 Å². The minimum atomic E-state index is -4.25. The lowest BCUT2D eigenvalue weighted by molar-refractivity contribution is -0.140. The number of benzene rings is 4. The van der Waals surface area contributed by atoms with Crippen LogP contribution >= 0.6 is 34.8 Å². The summed E-state index contributed by atoms with van der Waals surface area (Å²) in [4.78, 5) is 29.8. The third-order valence-electron chi connectivity index (χ3n) is 7.55. The molecular weight excluding hydrogens is 665 g/mol. The monoisotopic (exact) mass is 699 g/mol. The Bertz CT molecular complexity index is 1790. The van der Waals surface area contributed by atoms with Gasteiger partial charge in [0.25, 0.3) is 10.0 Å². The van der Waals surface area contributed by atoms with E-state index in [0.717, 1.165) is 15.4 Å². The lowest BCUT2D eigenvalue weighted by Crippen LogP contribution is -2.53. The summed E-state index contributed by atoms with van der Waals surface area (Å²) in [7, 11) is -4.25. The number of carbonyl (C=O) groups is 2. The Kier molecular flexibility index (Phi) is 12.1. The van der Waals surface area contributed by atoms with Gasteiger partial charge in [-0.1, -0.05) is 102 Å². The summed E-state index contributed by atoms with van der Waals surface area (Å²) in [6, 6.07) is 24.7. The molecule has 0 spiro atoms. The summed E-state index contributed by atoms with van der Waals surface area (Å²) in [5, 5.41) is 3.91. The summed E-state index contributed by atoms with van der Waals surface area (Å²) in [5.74, 6) is -0.945. The second-order valence-corrected chi connectivity index (χ2v) is 14.1. The fourth-order valence-corrected chi connectivity index (χ4v) is 6.93. The van der Waals surface area contributed by atoms with Crippen molar-refractivity contribution in [2.45, 2.75) is 51.1 Å². The van der Waals surface area contributed by atoms with Gasteiger partial charge >= 0.3 is 0 Å². The molecule has 0 saturated heterocycles. The number of nitrogens with one attached hydrogen (secondary N) is 1. The van der Waals surface area contributed by atoms with Crippen molar-refractivity contribution < 1.29 is 18.0 Å². The van der Waals surface area contributed by atoms with E-state index in [1.165, 1.54) is 17.0 Å². The lowest BCUT2D eigenvalue weighted by atomic mass is 10.0. The van der Waals surface area contributed by atoms with Crippen LogP contribution in [0.15, 0.2) is 95.9 Å². The molecule has 4 aromatic carbocycles. The second-order valence-electron chi connectivity index (χ2n) is 11.0. The molecule has 0 aromatic heterocycles. The highest BCUT2D eigenvalue weighted by atomic mass is 35.5. The van der Waals surface area contributed by atoms with Gasteiger partial charge in [0.1, 0.15) is 12.6 Å². The zero-order valence-corrected chi connectivity index (χ0v) is 28.9. The average molecular weight is 701 g/mol. The summed E-state index contributed by atoms with van der Waals surface area (Å²) in [5.41, 5.74) is 3.09. The van der Waals surface area contributed by atoms with Crippen LogP contribution in [-0.4, -0.2) is 44.3 Å². The molecular formula is C35H36Cl3N3O4S. The van der Waals surface area contributed by atoms with E-state index < -0.39 is 28.5 Å². The standard InChI is InChI=1S/C35H36Cl3N3O4S/c1-4-19-39-35(43)33(21-26-9-6-5-7-10-26)40(22-27-15-18-30(37)31(38)20-27)34(42)23-41(32-12-8-11-29(36)25(32)3)46(44,45)28-16-13-24(2)14-17-28/h5-18,20,33H,4,19,21-23H2,1-3H3,(H,39,43)/t33-/m0/s1. The Morgan fingerprint density at radius 1 is 0.804 bits per heavy atom. The zero-order valence-electron chi connectivity index (χ0n) is 25.8. The quantitative estimate of drug-likeness (QED) is 0.156. The first-order valence-corrected chi connectivity index (χ1v) is 17.4. The molecule has 1 atom stereocenters. The van der Waals surface area contributed by atoms with Crippen LogP contribution in [0.3, 0.4) is 0 Å². The van der Waals surface area contributed by atoms with Gasteiger partial charge in [0.15, 0.2) is 0 Å². The van der Waals surface area contributed by atoms with E-state index in [2.05, 4.69) is 5.32 Å². The molecule has 0 bridgehead atoms. The number of hydrogen-bond donors (Lipinski definition) is 1. The van der Waals surface area contributed by atoms with Crippen LogP contribution < -0.4 is 9.62 Å². The van der Waals surface area contributed by atoms with Crippen LogP contribution in [0.4, 0.5) is 5.69 Å².